The highest BCUT2D eigenvalue weighted by molar-refractivity contribution is 7.99. The quantitative estimate of drug-likeness (QED) is 0.460. The number of amides is 3. The Morgan fingerprint density at radius 3 is 2.31 bits per heavy atom. The molecule has 3 rings (SSSR count). The van der Waals surface area contributed by atoms with Gasteiger partial charge in [0.1, 0.15) is 0 Å². The summed E-state index contributed by atoms with van der Waals surface area (Å²) < 4.78 is 0. The molecule has 0 saturated carbocycles. The molecule has 1 aliphatic heterocycles. The summed E-state index contributed by atoms with van der Waals surface area (Å²) in [6, 6.07) is 19.7. The van der Waals surface area contributed by atoms with Crippen molar-refractivity contribution < 1.29 is 9.59 Å². The number of hydrogen-bond donors (Lipinski definition) is 3. The Bertz CT molecular complexity index is 765. The molecule has 7 heteroatoms. The maximum Gasteiger partial charge on any atom is 0.315 e. The Morgan fingerprint density at radius 1 is 0.966 bits per heavy atom. The van der Waals surface area contributed by atoms with Gasteiger partial charge in [0.25, 0.3) is 0 Å². The first-order valence-electron chi connectivity index (χ1n) is 9.98. The molecule has 6 nitrogen and oxygen atoms in total. The third kappa shape index (κ3) is 7.79. The number of nitrogens with zero attached hydrogens (tertiary/aromatic N) is 1. The molecule has 1 aliphatic rings. The molecule has 0 aromatic heterocycles. The molecule has 0 bridgehead atoms. The van der Waals surface area contributed by atoms with Gasteiger partial charge in [-0.05, 0) is 37.1 Å². The van der Waals surface area contributed by atoms with Gasteiger partial charge < -0.3 is 16.0 Å². The summed E-state index contributed by atoms with van der Waals surface area (Å²) in [5.74, 6) is 0.836. The van der Waals surface area contributed by atoms with Crippen molar-refractivity contribution in [1.29, 1.82) is 0 Å². The lowest BCUT2D eigenvalue weighted by atomic mass is 10.1. The Balaban J connectivity index is 1.27. The van der Waals surface area contributed by atoms with Crippen LogP contribution < -0.4 is 16.0 Å². The molecule has 3 amide bonds. The molecule has 1 saturated heterocycles. The van der Waals surface area contributed by atoms with Crippen molar-refractivity contribution in [3.8, 4) is 0 Å². The number of nitrogens with one attached hydrogen (secondary N) is 3. The maximum absolute atomic E-state index is 12.2. The van der Waals surface area contributed by atoms with Gasteiger partial charge in [-0.3, -0.25) is 9.69 Å². The lowest BCUT2D eigenvalue weighted by molar-refractivity contribution is -0.117. The van der Waals surface area contributed by atoms with E-state index in [0.29, 0.717) is 13.1 Å². The molecule has 0 unspecified atom stereocenters. The highest BCUT2D eigenvalue weighted by Gasteiger charge is 2.22. The van der Waals surface area contributed by atoms with E-state index < -0.39 is 0 Å². The molecule has 154 valence electrons. The van der Waals surface area contributed by atoms with Gasteiger partial charge in [0.05, 0.1) is 6.54 Å². The number of thioether (sulfide) groups is 1. The molecule has 3 N–H and O–H groups in total. The van der Waals surface area contributed by atoms with E-state index in [1.165, 1.54) is 4.90 Å². The van der Waals surface area contributed by atoms with Gasteiger partial charge in [-0.2, -0.15) is 0 Å². The molecule has 0 aliphatic carbocycles. The van der Waals surface area contributed by atoms with E-state index in [9.17, 15) is 9.59 Å². The predicted molar refractivity (Wildman–Crippen MR) is 118 cm³/mol. The monoisotopic (exact) mass is 412 g/mol. The van der Waals surface area contributed by atoms with Crippen LogP contribution in [0.2, 0.25) is 0 Å². The Labute approximate surface area is 176 Å². The van der Waals surface area contributed by atoms with Gasteiger partial charge in [-0.25, -0.2) is 4.79 Å². The Morgan fingerprint density at radius 2 is 1.62 bits per heavy atom. The summed E-state index contributed by atoms with van der Waals surface area (Å²) in [7, 11) is 0. The van der Waals surface area contributed by atoms with E-state index in [0.717, 1.165) is 37.4 Å². The molecule has 0 atom stereocenters. The third-order valence-corrected chi connectivity index (χ3v) is 5.76. The third-order valence-electron chi connectivity index (χ3n) is 4.75. The average molecular weight is 413 g/mol. The van der Waals surface area contributed by atoms with E-state index in [2.05, 4.69) is 33.0 Å². The summed E-state index contributed by atoms with van der Waals surface area (Å²) in [6.07, 6.45) is 1.70. The van der Waals surface area contributed by atoms with Gasteiger partial charge in [0.2, 0.25) is 5.91 Å². The number of hydrogen-bond acceptors (Lipinski definition) is 4. The van der Waals surface area contributed by atoms with Crippen molar-refractivity contribution in [2.45, 2.75) is 23.8 Å². The molecule has 2 aromatic rings. The van der Waals surface area contributed by atoms with Crippen LogP contribution in [-0.2, 0) is 4.79 Å². The number of carbonyl (C=O) groups is 2. The Kier molecular flexibility index (Phi) is 8.40. The summed E-state index contributed by atoms with van der Waals surface area (Å²) in [5, 5.41) is 8.88. The van der Waals surface area contributed by atoms with Gasteiger partial charge in [0.15, 0.2) is 0 Å². The number of urea groups is 1. The van der Waals surface area contributed by atoms with Crippen molar-refractivity contribution in [2.24, 2.45) is 0 Å². The highest BCUT2D eigenvalue weighted by Crippen LogP contribution is 2.16. The van der Waals surface area contributed by atoms with E-state index in [4.69, 9.17) is 0 Å². The molecule has 1 heterocycles. The maximum atomic E-state index is 12.2. The van der Waals surface area contributed by atoms with Crippen LogP contribution in [0.5, 0.6) is 0 Å². The second-order valence-electron chi connectivity index (χ2n) is 7.03. The SMILES string of the molecule is O=C(CN1CCC(NC(=O)NCCSc2ccccc2)CC1)Nc1ccccc1. The van der Waals surface area contributed by atoms with Gasteiger partial charge in [-0.15, -0.1) is 11.8 Å². The van der Waals surface area contributed by atoms with Crippen molar-refractivity contribution in [3.63, 3.8) is 0 Å². The number of para-hydroxylation sites is 1. The van der Waals surface area contributed by atoms with Gasteiger partial charge >= 0.3 is 6.03 Å². The standard InChI is InChI=1S/C22H28N4O2S/c27-21(24-18-7-3-1-4-8-18)17-26-14-11-19(12-15-26)25-22(28)23-13-16-29-20-9-5-2-6-10-20/h1-10,19H,11-17H2,(H,24,27)(H2,23,25,28). The van der Waals surface area contributed by atoms with Gasteiger partial charge in [0, 0.05) is 42.0 Å². The zero-order valence-corrected chi connectivity index (χ0v) is 17.3. The van der Waals surface area contributed by atoms with Crippen molar-refractivity contribution in [3.05, 3.63) is 60.7 Å². The summed E-state index contributed by atoms with van der Waals surface area (Å²) in [4.78, 5) is 27.6. The average Bonchev–Trinajstić information content (AvgIpc) is 2.74. The normalized spacial score (nSPS) is 14.9. The Hall–Kier alpha value is -2.51. The minimum atomic E-state index is -0.112. The topological polar surface area (TPSA) is 73.5 Å². The predicted octanol–water partition coefficient (Wildman–Crippen LogP) is 3.18. The van der Waals surface area contributed by atoms with Crippen molar-refractivity contribution in [2.75, 3.05) is 37.2 Å². The minimum absolute atomic E-state index is 0.00346. The van der Waals surface area contributed by atoms with Crippen LogP contribution in [0, 0.1) is 0 Å². The van der Waals surface area contributed by atoms with E-state index in [1.807, 2.05) is 48.5 Å². The molecular weight excluding hydrogens is 384 g/mol. The molecular formula is C22H28N4O2S. The molecule has 0 radical (unpaired) electrons. The van der Waals surface area contributed by atoms with Crippen LogP contribution in [0.1, 0.15) is 12.8 Å². The highest BCUT2D eigenvalue weighted by atomic mass is 32.2. The first-order chi connectivity index (χ1) is 14.2. The summed E-state index contributed by atoms with van der Waals surface area (Å²) in [5.41, 5.74) is 0.816. The molecule has 0 spiro atoms. The fourth-order valence-electron chi connectivity index (χ4n) is 3.25. The molecule has 29 heavy (non-hydrogen) atoms. The number of likely N-dealkylation sites (tertiary alicyclic amines) is 1. The number of anilines is 1. The summed E-state index contributed by atoms with van der Waals surface area (Å²) in [6.45, 7) is 2.61. The minimum Gasteiger partial charge on any atom is -0.337 e. The van der Waals surface area contributed by atoms with Crippen molar-refractivity contribution in [1.82, 2.24) is 15.5 Å². The first kappa shape index (κ1) is 21.2. The first-order valence-corrected chi connectivity index (χ1v) is 11.0. The fraction of sp³-hybridized carbons (Fsp3) is 0.364. The number of rotatable bonds is 8. The van der Waals surface area contributed by atoms with Gasteiger partial charge in [-0.1, -0.05) is 36.4 Å². The zero-order valence-electron chi connectivity index (χ0n) is 16.5. The summed E-state index contributed by atoms with van der Waals surface area (Å²) >= 11 is 1.73. The van der Waals surface area contributed by atoms with Crippen LogP contribution in [0.25, 0.3) is 0 Å². The van der Waals surface area contributed by atoms with Crippen LogP contribution in [0.4, 0.5) is 10.5 Å². The smallest absolute Gasteiger partial charge is 0.315 e. The van der Waals surface area contributed by atoms with Crippen molar-refractivity contribution >= 4 is 29.4 Å². The fourth-order valence-corrected chi connectivity index (χ4v) is 4.04. The zero-order chi connectivity index (χ0) is 20.3. The van der Waals surface area contributed by atoms with Crippen LogP contribution in [0.3, 0.4) is 0 Å². The van der Waals surface area contributed by atoms with Crippen LogP contribution >= 0.6 is 11.8 Å². The number of benzene rings is 2. The molecule has 1 fully saturated rings. The largest absolute Gasteiger partial charge is 0.337 e. The van der Waals surface area contributed by atoms with E-state index >= 15 is 0 Å². The number of piperidine rings is 1. The lowest BCUT2D eigenvalue weighted by Crippen LogP contribution is -2.49. The molecule has 2 aromatic carbocycles. The van der Waals surface area contributed by atoms with Crippen LogP contribution in [-0.4, -0.2) is 54.8 Å². The second kappa shape index (κ2) is 11.5. The second-order valence-corrected chi connectivity index (χ2v) is 8.19. The van der Waals surface area contributed by atoms with E-state index in [1.54, 1.807) is 11.8 Å². The lowest BCUT2D eigenvalue weighted by Gasteiger charge is -2.31. The van der Waals surface area contributed by atoms with Crippen LogP contribution in [0.15, 0.2) is 65.6 Å². The number of carbonyl (C=O) groups excluding carboxylic acids is 2. The van der Waals surface area contributed by atoms with E-state index in [-0.39, 0.29) is 18.0 Å².